The molecule has 6 heteroatoms. The zero-order chi connectivity index (χ0) is 10.7. The van der Waals surface area contributed by atoms with E-state index >= 15 is 0 Å². The van der Waals surface area contributed by atoms with Gasteiger partial charge in [-0.25, -0.2) is 0 Å². The normalized spacial score (nSPS) is 9.86. The zero-order valence-electron chi connectivity index (χ0n) is 6.87. The van der Waals surface area contributed by atoms with E-state index in [1.807, 2.05) is 0 Å². The van der Waals surface area contributed by atoms with Gasteiger partial charge < -0.3 is 0 Å². The number of hydrogen-bond acceptors (Lipinski definition) is 3. The number of nitro groups is 1. The molecule has 1 aromatic rings. The minimum absolute atomic E-state index is 0.152. The van der Waals surface area contributed by atoms with Crippen LogP contribution in [0.1, 0.15) is 5.56 Å². The lowest BCUT2D eigenvalue weighted by Crippen LogP contribution is -2.00. The van der Waals surface area contributed by atoms with Crippen molar-refractivity contribution >= 4 is 34.1 Å². The van der Waals surface area contributed by atoms with Gasteiger partial charge in [-0.1, -0.05) is 17.7 Å². The molecular formula is C8H5Cl2NO3. The molecule has 0 radical (unpaired) electrons. The number of carbonyl (C=O) groups excluding carboxylic acids is 1. The molecule has 1 aromatic carbocycles. The van der Waals surface area contributed by atoms with Gasteiger partial charge in [0, 0.05) is 6.07 Å². The van der Waals surface area contributed by atoms with Crippen molar-refractivity contribution in [1.82, 2.24) is 0 Å². The number of halogens is 2. The van der Waals surface area contributed by atoms with Gasteiger partial charge in [0.2, 0.25) is 5.24 Å². The lowest BCUT2D eigenvalue weighted by molar-refractivity contribution is -0.385. The van der Waals surface area contributed by atoms with Crippen LogP contribution in [-0.4, -0.2) is 10.2 Å². The zero-order valence-corrected chi connectivity index (χ0v) is 8.38. The molecule has 1 rings (SSSR count). The number of hydrogen-bond donors (Lipinski definition) is 0. The lowest BCUT2D eigenvalue weighted by Gasteiger charge is -2.01. The second-order valence-corrected chi connectivity index (χ2v) is 3.36. The SMILES string of the molecule is O=C(Cl)Cc1c(Cl)cccc1[N+](=O)[O-]. The van der Waals surface area contributed by atoms with Crippen molar-refractivity contribution < 1.29 is 9.72 Å². The van der Waals surface area contributed by atoms with E-state index in [2.05, 4.69) is 0 Å². The Morgan fingerprint density at radius 2 is 2.14 bits per heavy atom. The van der Waals surface area contributed by atoms with Gasteiger partial charge in [-0.3, -0.25) is 14.9 Å². The van der Waals surface area contributed by atoms with E-state index in [1.54, 1.807) is 0 Å². The largest absolute Gasteiger partial charge is 0.281 e. The van der Waals surface area contributed by atoms with Crippen LogP contribution in [0.4, 0.5) is 5.69 Å². The van der Waals surface area contributed by atoms with Crippen molar-refractivity contribution in [2.24, 2.45) is 0 Å². The number of nitrogens with zero attached hydrogens (tertiary/aromatic N) is 1. The van der Waals surface area contributed by atoms with Crippen LogP contribution in [0.5, 0.6) is 0 Å². The Balaban J connectivity index is 3.22. The van der Waals surface area contributed by atoms with Gasteiger partial charge in [0.1, 0.15) is 0 Å². The number of carbonyl (C=O) groups is 1. The summed E-state index contributed by atoms with van der Waals surface area (Å²) in [6.45, 7) is 0. The Bertz CT molecular complexity index is 392. The summed E-state index contributed by atoms with van der Waals surface area (Å²) in [6.07, 6.45) is -0.239. The molecule has 0 N–H and O–H groups in total. The summed E-state index contributed by atoms with van der Waals surface area (Å²) in [7, 11) is 0. The Hall–Kier alpha value is -1.13. The standard InChI is InChI=1S/C8H5Cl2NO3/c9-6-2-1-3-7(11(13)14)5(6)4-8(10)12/h1-3H,4H2. The van der Waals surface area contributed by atoms with Crippen LogP contribution in [0.2, 0.25) is 5.02 Å². The summed E-state index contributed by atoms with van der Waals surface area (Å²) >= 11 is 10.8. The molecule has 0 aliphatic heterocycles. The lowest BCUT2D eigenvalue weighted by atomic mass is 10.1. The van der Waals surface area contributed by atoms with Crippen LogP contribution < -0.4 is 0 Å². The highest BCUT2D eigenvalue weighted by Gasteiger charge is 2.18. The molecule has 0 heterocycles. The maximum absolute atomic E-state index is 10.6. The average molecular weight is 234 g/mol. The topological polar surface area (TPSA) is 60.2 Å². The van der Waals surface area contributed by atoms with E-state index in [9.17, 15) is 14.9 Å². The van der Waals surface area contributed by atoms with Crippen molar-refractivity contribution in [3.05, 3.63) is 38.9 Å². The van der Waals surface area contributed by atoms with Crippen molar-refractivity contribution in [2.45, 2.75) is 6.42 Å². The van der Waals surface area contributed by atoms with Gasteiger partial charge >= 0.3 is 0 Å². The van der Waals surface area contributed by atoms with Crippen LogP contribution in [0.25, 0.3) is 0 Å². The van der Waals surface area contributed by atoms with Crippen LogP contribution in [0.3, 0.4) is 0 Å². The van der Waals surface area contributed by atoms with E-state index in [0.29, 0.717) is 0 Å². The Morgan fingerprint density at radius 3 is 2.64 bits per heavy atom. The second-order valence-electron chi connectivity index (χ2n) is 2.53. The molecule has 0 amide bonds. The minimum atomic E-state index is -0.679. The summed E-state index contributed by atoms with van der Waals surface area (Å²) < 4.78 is 0. The monoisotopic (exact) mass is 233 g/mol. The van der Waals surface area contributed by atoms with Crippen molar-refractivity contribution in [2.75, 3.05) is 0 Å². The first-order valence-electron chi connectivity index (χ1n) is 3.62. The van der Waals surface area contributed by atoms with E-state index in [1.165, 1.54) is 18.2 Å². The molecular weight excluding hydrogens is 229 g/mol. The molecule has 0 aliphatic carbocycles. The van der Waals surface area contributed by atoms with E-state index in [4.69, 9.17) is 23.2 Å². The highest BCUT2D eigenvalue weighted by molar-refractivity contribution is 6.63. The quantitative estimate of drug-likeness (QED) is 0.458. The third-order valence-electron chi connectivity index (χ3n) is 1.61. The van der Waals surface area contributed by atoms with Gasteiger partial charge in [0.25, 0.3) is 5.69 Å². The van der Waals surface area contributed by atoms with Crippen LogP contribution >= 0.6 is 23.2 Å². The van der Waals surface area contributed by atoms with Gasteiger partial charge in [0.05, 0.1) is 21.9 Å². The Labute approximate surface area is 89.6 Å². The molecule has 0 bridgehead atoms. The van der Waals surface area contributed by atoms with Crippen LogP contribution in [-0.2, 0) is 11.2 Å². The first-order chi connectivity index (χ1) is 6.52. The smallest absolute Gasteiger partial charge is 0.274 e. The fourth-order valence-electron chi connectivity index (χ4n) is 1.03. The van der Waals surface area contributed by atoms with Crippen LogP contribution in [0, 0.1) is 10.1 Å². The highest BCUT2D eigenvalue weighted by Crippen LogP contribution is 2.26. The molecule has 74 valence electrons. The Morgan fingerprint density at radius 1 is 1.50 bits per heavy atom. The molecule has 0 spiro atoms. The van der Waals surface area contributed by atoms with Gasteiger partial charge in [0.15, 0.2) is 0 Å². The van der Waals surface area contributed by atoms with Gasteiger partial charge in [-0.05, 0) is 17.7 Å². The summed E-state index contributed by atoms with van der Waals surface area (Å²) in [4.78, 5) is 20.6. The first kappa shape index (κ1) is 10.9. The molecule has 0 atom stereocenters. The number of benzene rings is 1. The Kier molecular flexibility index (Phi) is 3.43. The molecule has 0 saturated heterocycles. The van der Waals surface area contributed by atoms with Crippen molar-refractivity contribution in [3.8, 4) is 0 Å². The fraction of sp³-hybridized carbons (Fsp3) is 0.125. The van der Waals surface area contributed by atoms with Gasteiger partial charge in [-0.15, -0.1) is 0 Å². The van der Waals surface area contributed by atoms with E-state index in [0.717, 1.165) is 0 Å². The van der Waals surface area contributed by atoms with Crippen molar-refractivity contribution in [1.29, 1.82) is 0 Å². The molecule has 14 heavy (non-hydrogen) atoms. The second kappa shape index (κ2) is 4.39. The summed E-state index contributed by atoms with van der Waals surface area (Å²) in [5.74, 6) is 0. The number of nitro benzene ring substituents is 1. The molecule has 0 fully saturated rings. The molecule has 0 aromatic heterocycles. The molecule has 0 saturated carbocycles. The van der Waals surface area contributed by atoms with E-state index in [-0.39, 0.29) is 22.7 Å². The minimum Gasteiger partial charge on any atom is -0.281 e. The molecule has 0 aliphatic rings. The summed E-state index contributed by atoms with van der Waals surface area (Å²) in [6, 6.07) is 4.20. The summed E-state index contributed by atoms with van der Waals surface area (Å²) in [5, 5.41) is 10.0. The third-order valence-corrected chi connectivity index (χ3v) is 2.09. The maximum atomic E-state index is 10.6. The average Bonchev–Trinajstić information content (AvgIpc) is 2.07. The third kappa shape index (κ3) is 2.43. The fourth-order valence-corrected chi connectivity index (χ4v) is 1.40. The van der Waals surface area contributed by atoms with E-state index < -0.39 is 10.2 Å². The predicted octanol–water partition coefficient (Wildman–Crippen LogP) is 2.56. The van der Waals surface area contributed by atoms with Crippen molar-refractivity contribution in [3.63, 3.8) is 0 Å². The molecule has 4 nitrogen and oxygen atoms in total. The maximum Gasteiger partial charge on any atom is 0.274 e. The van der Waals surface area contributed by atoms with Gasteiger partial charge in [-0.2, -0.15) is 0 Å². The first-order valence-corrected chi connectivity index (χ1v) is 4.38. The highest BCUT2D eigenvalue weighted by atomic mass is 35.5. The number of rotatable bonds is 3. The summed E-state index contributed by atoms with van der Waals surface area (Å²) in [5.41, 5.74) is -0.0364. The predicted molar refractivity (Wildman–Crippen MR) is 52.7 cm³/mol. The molecule has 0 unspecified atom stereocenters. The van der Waals surface area contributed by atoms with Crippen LogP contribution in [0.15, 0.2) is 18.2 Å².